The van der Waals surface area contributed by atoms with Gasteiger partial charge in [0, 0.05) is 35.3 Å². The molecular formula is C19H20N2O3. The number of nitrogens with zero attached hydrogens (tertiary/aromatic N) is 1. The maximum atomic E-state index is 8.57. The van der Waals surface area contributed by atoms with Crippen molar-refractivity contribution in [2.24, 2.45) is 7.05 Å². The van der Waals surface area contributed by atoms with Crippen LogP contribution in [0.3, 0.4) is 0 Å². The lowest BCUT2D eigenvalue weighted by molar-refractivity contribution is 0.324. The lowest BCUT2D eigenvalue weighted by Gasteiger charge is -2.14. The van der Waals surface area contributed by atoms with E-state index in [-0.39, 0.29) is 0 Å². The number of aryl methyl sites for hydroxylation is 1. The lowest BCUT2D eigenvalue weighted by Crippen LogP contribution is -2.04. The SMILES string of the molecule is COc1cc(C(=N)c2ccc3c(ccn3C)c2)cc(OC)c1OC. The lowest BCUT2D eigenvalue weighted by atomic mass is 10.0. The fourth-order valence-electron chi connectivity index (χ4n) is 2.83. The van der Waals surface area contributed by atoms with E-state index in [9.17, 15) is 0 Å². The van der Waals surface area contributed by atoms with Gasteiger partial charge in [0.05, 0.1) is 27.0 Å². The molecule has 3 rings (SSSR count). The maximum absolute atomic E-state index is 8.57. The molecule has 124 valence electrons. The maximum Gasteiger partial charge on any atom is 0.203 e. The molecule has 0 aliphatic rings. The van der Waals surface area contributed by atoms with Gasteiger partial charge in [-0.1, -0.05) is 6.07 Å². The van der Waals surface area contributed by atoms with Crippen molar-refractivity contribution < 1.29 is 14.2 Å². The van der Waals surface area contributed by atoms with Gasteiger partial charge in [-0.05, 0) is 30.3 Å². The molecule has 3 aromatic rings. The van der Waals surface area contributed by atoms with E-state index in [2.05, 4.69) is 4.57 Å². The van der Waals surface area contributed by atoms with Gasteiger partial charge in [0.1, 0.15) is 0 Å². The molecule has 2 aromatic carbocycles. The Morgan fingerprint density at radius 3 is 2.12 bits per heavy atom. The van der Waals surface area contributed by atoms with E-state index >= 15 is 0 Å². The van der Waals surface area contributed by atoms with Crippen LogP contribution in [0.4, 0.5) is 0 Å². The first-order valence-electron chi connectivity index (χ1n) is 7.53. The van der Waals surface area contributed by atoms with Gasteiger partial charge >= 0.3 is 0 Å². The molecule has 0 aliphatic heterocycles. The Hall–Kier alpha value is -2.95. The van der Waals surface area contributed by atoms with Crippen LogP contribution in [0.15, 0.2) is 42.6 Å². The largest absolute Gasteiger partial charge is 0.493 e. The first kappa shape index (κ1) is 15.9. The number of hydrogen-bond donors (Lipinski definition) is 1. The molecule has 0 bridgehead atoms. The van der Waals surface area contributed by atoms with E-state index in [0.717, 1.165) is 16.5 Å². The number of nitrogens with one attached hydrogen (secondary N) is 1. The van der Waals surface area contributed by atoms with Crippen LogP contribution in [0.1, 0.15) is 11.1 Å². The number of fused-ring (bicyclic) bond motifs is 1. The van der Waals surface area contributed by atoms with Gasteiger partial charge in [0.15, 0.2) is 11.5 Å². The van der Waals surface area contributed by atoms with E-state index in [1.165, 1.54) is 0 Å². The third-order valence-electron chi connectivity index (χ3n) is 4.13. The van der Waals surface area contributed by atoms with Gasteiger partial charge in [-0.15, -0.1) is 0 Å². The molecule has 0 amide bonds. The Bertz CT molecular complexity index is 887. The predicted molar refractivity (Wildman–Crippen MR) is 94.9 cm³/mol. The smallest absolute Gasteiger partial charge is 0.203 e. The van der Waals surface area contributed by atoms with Gasteiger partial charge in [-0.3, -0.25) is 5.41 Å². The van der Waals surface area contributed by atoms with Crippen molar-refractivity contribution in [3.63, 3.8) is 0 Å². The fourth-order valence-corrected chi connectivity index (χ4v) is 2.83. The zero-order chi connectivity index (χ0) is 17.3. The van der Waals surface area contributed by atoms with Crippen molar-refractivity contribution >= 4 is 16.6 Å². The van der Waals surface area contributed by atoms with Crippen LogP contribution in [0.5, 0.6) is 17.2 Å². The number of rotatable bonds is 5. The fraction of sp³-hybridized carbons (Fsp3) is 0.211. The summed E-state index contributed by atoms with van der Waals surface area (Å²) in [5.41, 5.74) is 3.08. The molecule has 5 heteroatoms. The first-order chi connectivity index (χ1) is 11.6. The van der Waals surface area contributed by atoms with Gasteiger partial charge in [-0.2, -0.15) is 0 Å². The molecule has 0 radical (unpaired) electrons. The summed E-state index contributed by atoms with van der Waals surface area (Å²) in [6.45, 7) is 0. The molecule has 24 heavy (non-hydrogen) atoms. The quantitative estimate of drug-likeness (QED) is 0.729. The number of benzene rings is 2. The predicted octanol–water partition coefficient (Wildman–Crippen LogP) is 3.62. The van der Waals surface area contributed by atoms with Crippen molar-refractivity contribution in [2.45, 2.75) is 0 Å². The minimum atomic E-state index is 0.403. The summed E-state index contributed by atoms with van der Waals surface area (Å²) in [7, 11) is 6.71. The van der Waals surface area contributed by atoms with E-state index in [1.807, 2.05) is 37.5 Å². The van der Waals surface area contributed by atoms with Crippen LogP contribution in [-0.2, 0) is 7.05 Å². The monoisotopic (exact) mass is 324 g/mol. The van der Waals surface area contributed by atoms with Crippen LogP contribution in [0.2, 0.25) is 0 Å². The molecule has 0 fully saturated rings. The third kappa shape index (κ3) is 2.58. The molecule has 0 spiro atoms. The van der Waals surface area contributed by atoms with Crippen LogP contribution >= 0.6 is 0 Å². The Balaban J connectivity index is 2.07. The van der Waals surface area contributed by atoms with Gasteiger partial charge in [0.2, 0.25) is 5.75 Å². The van der Waals surface area contributed by atoms with E-state index < -0.39 is 0 Å². The summed E-state index contributed by atoms with van der Waals surface area (Å²) in [6.07, 6.45) is 2.01. The van der Waals surface area contributed by atoms with Crippen molar-refractivity contribution in [1.29, 1.82) is 5.41 Å². The molecule has 1 aromatic heterocycles. The Labute approximate surface area is 140 Å². The molecular weight excluding hydrogens is 304 g/mol. The average molecular weight is 324 g/mol. The minimum Gasteiger partial charge on any atom is -0.493 e. The van der Waals surface area contributed by atoms with Gasteiger partial charge in [-0.25, -0.2) is 0 Å². The van der Waals surface area contributed by atoms with Gasteiger partial charge in [0.25, 0.3) is 0 Å². The minimum absolute atomic E-state index is 0.403. The van der Waals surface area contributed by atoms with Crippen LogP contribution < -0.4 is 14.2 Å². The van der Waals surface area contributed by atoms with Crippen LogP contribution in [-0.4, -0.2) is 31.6 Å². The molecule has 1 N–H and O–H groups in total. The van der Waals surface area contributed by atoms with E-state index in [1.54, 1.807) is 33.5 Å². The van der Waals surface area contributed by atoms with E-state index in [4.69, 9.17) is 19.6 Å². The van der Waals surface area contributed by atoms with Crippen LogP contribution in [0, 0.1) is 5.41 Å². The van der Waals surface area contributed by atoms with E-state index in [0.29, 0.717) is 28.5 Å². The highest BCUT2D eigenvalue weighted by Gasteiger charge is 2.16. The highest BCUT2D eigenvalue weighted by atomic mass is 16.5. The van der Waals surface area contributed by atoms with Crippen LogP contribution in [0.25, 0.3) is 10.9 Å². The van der Waals surface area contributed by atoms with Crippen molar-refractivity contribution in [3.05, 3.63) is 53.7 Å². The summed E-state index contributed by atoms with van der Waals surface area (Å²) in [4.78, 5) is 0. The number of methoxy groups -OCH3 is 3. The molecule has 1 heterocycles. The summed E-state index contributed by atoms with van der Waals surface area (Å²) in [5, 5.41) is 9.67. The number of hydrogen-bond acceptors (Lipinski definition) is 4. The molecule has 0 saturated carbocycles. The Morgan fingerprint density at radius 2 is 1.54 bits per heavy atom. The second-order valence-electron chi connectivity index (χ2n) is 5.49. The zero-order valence-corrected chi connectivity index (χ0v) is 14.2. The van der Waals surface area contributed by atoms with Crippen molar-refractivity contribution in [2.75, 3.05) is 21.3 Å². The normalized spacial score (nSPS) is 10.7. The van der Waals surface area contributed by atoms with Crippen molar-refractivity contribution in [3.8, 4) is 17.2 Å². The van der Waals surface area contributed by atoms with Crippen molar-refractivity contribution in [1.82, 2.24) is 4.57 Å². The molecule has 0 atom stereocenters. The molecule has 0 aliphatic carbocycles. The summed E-state index contributed by atoms with van der Waals surface area (Å²) in [6, 6.07) is 11.6. The molecule has 0 unspecified atom stereocenters. The highest BCUT2D eigenvalue weighted by molar-refractivity contribution is 6.12. The number of ether oxygens (including phenoxy) is 3. The summed E-state index contributed by atoms with van der Waals surface area (Å²) < 4.78 is 18.1. The first-order valence-corrected chi connectivity index (χ1v) is 7.53. The molecule has 0 saturated heterocycles. The Morgan fingerprint density at radius 1 is 0.875 bits per heavy atom. The number of aromatic nitrogens is 1. The average Bonchev–Trinajstić information content (AvgIpc) is 3.00. The summed E-state index contributed by atoms with van der Waals surface area (Å²) in [5.74, 6) is 1.60. The molecule has 5 nitrogen and oxygen atoms in total. The second kappa shape index (κ2) is 6.28. The Kier molecular flexibility index (Phi) is 4.16. The standard InChI is InChI=1S/C19H20N2O3/c1-21-8-7-12-9-13(5-6-15(12)21)18(20)14-10-16(22-2)19(24-4)17(11-14)23-3/h5-11,20H,1-4H3. The summed E-state index contributed by atoms with van der Waals surface area (Å²) >= 11 is 0. The third-order valence-corrected chi connectivity index (χ3v) is 4.13. The van der Waals surface area contributed by atoms with Gasteiger partial charge < -0.3 is 18.8 Å². The zero-order valence-electron chi connectivity index (χ0n) is 14.2. The second-order valence-corrected chi connectivity index (χ2v) is 5.49. The topological polar surface area (TPSA) is 56.5 Å². The highest BCUT2D eigenvalue weighted by Crippen LogP contribution is 2.38.